The number of benzene rings is 1. The van der Waals surface area contributed by atoms with E-state index in [1.165, 1.54) is 95.5 Å². The maximum Gasteiger partial charge on any atom is 0.0702 e. The molecule has 0 fully saturated rings. The molecule has 0 N–H and O–H groups in total. The van der Waals surface area contributed by atoms with Gasteiger partial charge in [-0.15, -0.1) is 0 Å². The van der Waals surface area contributed by atoms with E-state index >= 15 is 0 Å². The van der Waals surface area contributed by atoms with Gasteiger partial charge in [0.05, 0.1) is 12.2 Å². The summed E-state index contributed by atoms with van der Waals surface area (Å²) in [5.74, 6) is 0. The minimum atomic E-state index is 0.316. The molecule has 0 aromatic heterocycles. The van der Waals surface area contributed by atoms with E-state index in [-0.39, 0.29) is 0 Å². The molecule has 1 aromatic rings. The van der Waals surface area contributed by atoms with Crippen LogP contribution in [0.2, 0.25) is 0 Å². The molecule has 0 saturated heterocycles. The molecule has 3 nitrogen and oxygen atoms in total. The Morgan fingerprint density at radius 2 is 1.03 bits per heavy atom. The second-order valence-electron chi connectivity index (χ2n) is 9.95. The molecule has 0 heterocycles. The van der Waals surface area contributed by atoms with Crippen molar-refractivity contribution < 1.29 is 9.47 Å². The van der Waals surface area contributed by atoms with Crippen molar-refractivity contribution in [3.8, 4) is 0 Å². The first kappa shape index (κ1) is 31.1. The van der Waals surface area contributed by atoms with Crippen LogP contribution < -0.4 is 0 Å². The molecule has 0 radical (unpaired) electrons. The zero-order valence-electron chi connectivity index (χ0n) is 23.2. The van der Waals surface area contributed by atoms with E-state index in [0.717, 1.165) is 32.8 Å². The summed E-state index contributed by atoms with van der Waals surface area (Å²) in [6.45, 7) is 13.4. The van der Waals surface area contributed by atoms with Crippen molar-refractivity contribution in [3.05, 3.63) is 35.9 Å². The van der Waals surface area contributed by atoms with E-state index < -0.39 is 0 Å². The molecule has 198 valence electrons. The van der Waals surface area contributed by atoms with Gasteiger partial charge in [-0.2, -0.15) is 0 Å². The Morgan fingerprint density at radius 3 is 1.47 bits per heavy atom. The van der Waals surface area contributed by atoms with Gasteiger partial charge in [-0.25, -0.2) is 0 Å². The zero-order valence-corrected chi connectivity index (χ0v) is 23.2. The van der Waals surface area contributed by atoms with Gasteiger partial charge in [0.15, 0.2) is 0 Å². The summed E-state index contributed by atoms with van der Waals surface area (Å²) in [4.78, 5) is 2.60. The third kappa shape index (κ3) is 16.7. The van der Waals surface area contributed by atoms with Gasteiger partial charge in [0.1, 0.15) is 0 Å². The highest BCUT2D eigenvalue weighted by atomic mass is 16.5. The minimum absolute atomic E-state index is 0.316. The highest BCUT2D eigenvalue weighted by Crippen LogP contribution is 2.17. The standard InChI is InChI=1S/C31H57NO2/c1-5-9-11-13-15-20-24-30(33-7-3)27-32(26-29-22-18-17-19-23-29)28-31(34-8-4)25-21-16-14-12-10-6-2/h17-19,22-23,30-31H,5-16,20-21,24-28H2,1-4H3. The first-order valence-electron chi connectivity index (χ1n) is 14.7. The SMILES string of the molecule is CCCCCCCCC(CN(Cc1ccccc1)CC(CCCCCCCC)OCC)OCC. The number of hydrogen-bond acceptors (Lipinski definition) is 3. The zero-order chi connectivity index (χ0) is 24.7. The molecule has 2 unspecified atom stereocenters. The molecule has 0 amide bonds. The molecule has 1 rings (SSSR count). The summed E-state index contributed by atoms with van der Waals surface area (Å²) in [7, 11) is 0. The number of nitrogens with zero attached hydrogens (tertiary/aromatic N) is 1. The van der Waals surface area contributed by atoms with Crippen molar-refractivity contribution in [2.45, 2.75) is 136 Å². The van der Waals surface area contributed by atoms with Crippen molar-refractivity contribution in [3.63, 3.8) is 0 Å². The van der Waals surface area contributed by atoms with E-state index in [2.05, 4.69) is 62.9 Å². The molecule has 0 bridgehead atoms. The lowest BCUT2D eigenvalue weighted by Gasteiger charge is -2.31. The van der Waals surface area contributed by atoms with Crippen molar-refractivity contribution in [2.24, 2.45) is 0 Å². The Morgan fingerprint density at radius 1 is 0.588 bits per heavy atom. The summed E-state index contributed by atoms with van der Waals surface area (Å²) >= 11 is 0. The number of unbranched alkanes of at least 4 members (excludes halogenated alkanes) is 10. The van der Waals surface area contributed by atoms with Gasteiger partial charge in [0.25, 0.3) is 0 Å². The summed E-state index contributed by atoms with van der Waals surface area (Å²) in [6, 6.07) is 10.9. The van der Waals surface area contributed by atoms with Crippen LogP contribution >= 0.6 is 0 Å². The molecular formula is C31H57NO2. The number of hydrogen-bond donors (Lipinski definition) is 0. The van der Waals surface area contributed by atoms with Gasteiger partial charge in [-0.3, -0.25) is 4.90 Å². The lowest BCUT2D eigenvalue weighted by atomic mass is 10.0. The quantitative estimate of drug-likeness (QED) is 0.139. The van der Waals surface area contributed by atoms with E-state index in [9.17, 15) is 0 Å². The molecular weight excluding hydrogens is 418 g/mol. The van der Waals surface area contributed by atoms with Crippen LogP contribution in [0.25, 0.3) is 0 Å². The average molecular weight is 476 g/mol. The second-order valence-corrected chi connectivity index (χ2v) is 9.95. The molecule has 34 heavy (non-hydrogen) atoms. The van der Waals surface area contributed by atoms with E-state index in [0.29, 0.717) is 12.2 Å². The van der Waals surface area contributed by atoms with E-state index in [4.69, 9.17) is 9.47 Å². The minimum Gasteiger partial charge on any atom is -0.377 e. The van der Waals surface area contributed by atoms with E-state index in [1.807, 2.05) is 0 Å². The number of rotatable bonds is 24. The van der Waals surface area contributed by atoms with Crippen molar-refractivity contribution in [2.75, 3.05) is 26.3 Å². The maximum absolute atomic E-state index is 6.23. The van der Waals surface area contributed by atoms with Crippen LogP contribution in [-0.4, -0.2) is 43.4 Å². The van der Waals surface area contributed by atoms with Crippen LogP contribution in [0, 0.1) is 0 Å². The first-order valence-corrected chi connectivity index (χ1v) is 14.7. The van der Waals surface area contributed by atoms with Crippen molar-refractivity contribution in [1.82, 2.24) is 4.90 Å². The predicted octanol–water partition coefficient (Wildman–Crippen LogP) is 8.80. The van der Waals surface area contributed by atoms with Crippen molar-refractivity contribution >= 4 is 0 Å². The van der Waals surface area contributed by atoms with Crippen LogP contribution in [0.15, 0.2) is 30.3 Å². The monoisotopic (exact) mass is 475 g/mol. The lowest BCUT2D eigenvalue weighted by Crippen LogP contribution is -2.39. The highest BCUT2D eigenvalue weighted by Gasteiger charge is 2.19. The fraction of sp³-hybridized carbons (Fsp3) is 0.806. The van der Waals surface area contributed by atoms with Gasteiger partial charge in [0.2, 0.25) is 0 Å². The Labute approximate surface area is 213 Å². The molecule has 2 atom stereocenters. The smallest absolute Gasteiger partial charge is 0.0702 e. The van der Waals surface area contributed by atoms with Crippen LogP contribution in [0.5, 0.6) is 0 Å². The van der Waals surface area contributed by atoms with Crippen LogP contribution in [0.3, 0.4) is 0 Å². The molecule has 3 heteroatoms. The third-order valence-electron chi connectivity index (χ3n) is 6.74. The summed E-state index contributed by atoms with van der Waals surface area (Å²) in [5.41, 5.74) is 1.38. The third-order valence-corrected chi connectivity index (χ3v) is 6.74. The molecule has 0 aliphatic carbocycles. The van der Waals surface area contributed by atoms with Crippen LogP contribution in [0.4, 0.5) is 0 Å². The first-order chi connectivity index (χ1) is 16.7. The van der Waals surface area contributed by atoms with Gasteiger partial charge in [-0.05, 0) is 32.3 Å². The highest BCUT2D eigenvalue weighted by molar-refractivity contribution is 5.14. The Balaban J connectivity index is 2.66. The normalized spacial score (nSPS) is 13.4. The second kappa shape index (κ2) is 22.6. The van der Waals surface area contributed by atoms with Crippen LogP contribution in [0.1, 0.15) is 123 Å². The molecule has 0 aliphatic rings. The fourth-order valence-electron chi connectivity index (χ4n) is 4.85. The summed E-state index contributed by atoms with van der Waals surface area (Å²) < 4.78 is 12.5. The van der Waals surface area contributed by atoms with Gasteiger partial charge >= 0.3 is 0 Å². The Kier molecular flexibility index (Phi) is 20.7. The Hall–Kier alpha value is -0.900. The predicted molar refractivity (Wildman–Crippen MR) is 149 cm³/mol. The van der Waals surface area contributed by atoms with Crippen LogP contribution in [-0.2, 0) is 16.0 Å². The van der Waals surface area contributed by atoms with Gasteiger partial charge in [-0.1, -0.05) is 121 Å². The van der Waals surface area contributed by atoms with Gasteiger partial charge in [0, 0.05) is 32.8 Å². The van der Waals surface area contributed by atoms with Crippen molar-refractivity contribution in [1.29, 1.82) is 0 Å². The maximum atomic E-state index is 6.23. The molecule has 0 aliphatic heterocycles. The van der Waals surface area contributed by atoms with E-state index in [1.54, 1.807) is 0 Å². The topological polar surface area (TPSA) is 21.7 Å². The summed E-state index contributed by atoms with van der Waals surface area (Å²) in [6.07, 6.45) is 19.1. The fourth-order valence-corrected chi connectivity index (χ4v) is 4.85. The number of ether oxygens (including phenoxy) is 2. The molecule has 0 spiro atoms. The molecule has 1 aromatic carbocycles. The lowest BCUT2D eigenvalue weighted by molar-refractivity contribution is -0.00843. The Bertz CT molecular complexity index is 507. The average Bonchev–Trinajstić information content (AvgIpc) is 2.84. The summed E-state index contributed by atoms with van der Waals surface area (Å²) in [5, 5.41) is 0. The van der Waals surface area contributed by atoms with Gasteiger partial charge < -0.3 is 9.47 Å². The largest absolute Gasteiger partial charge is 0.377 e. The molecule has 0 saturated carbocycles.